The topological polar surface area (TPSA) is 75.0 Å². The molecule has 0 amide bonds. The molecule has 0 aromatic carbocycles. The molecule has 1 aromatic heterocycles. The van der Waals surface area contributed by atoms with Crippen LogP contribution in [-0.2, 0) is 6.42 Å². The Kier molecular flexibility index (Phi) is 1.91. The number of hydrogen-bond acceptors (Lipinski definition) is 5. The highest BCUT2D eigenvalue weighted by molar-refractivity contribution is 5.48. The number of anilines is 1. The fraction of sp³-hybridized carbons (Fsp3) is 0.286. The maximum Gasteiger partial charge on any atom is 0.0930 e. The highest BCUT2D eigenvalue weighted by atomic mass is 15.5. The molecule has 0 fully saturated rings. The molecule has 0 bridgehead atoms. The van der Waals surface area contributed by atoms with Gasteiger partial charge in [-0.25, -0.2) is 10.9 Å². The average molecular weight is 165 g/mol. The zero-order valence-corrected chi connectivity index (χ0v) is 6.54. The van der Waals surface area contributed by atoms with Gasteiger partial charge in [0.2, 0.25) is 0 Å². The SMILES string of the molecule is NNC1Cc2ncccc2NN1. The van der Waals surface area contributed by atoms with Crippen molar-refractivity contribution < 1.29 is 0 Å². The minimum atomic E-state index is 0.0485. The fourth-order valence-corrected chi connectivity index (χ4v) is 1.22. The Balaban J connectivity index is 2.23. The van der Waals surface area contributed by atoms with Crippen molar-refractivity contribution in [2.45, 2.75) is 12.6 Å². The highest BCUT2D eigenvalue weighted by Gasteiger charge is 2.15. The van der Waals surface area contributed by atoms with Crippen molar-refractivity contribution >= 4 is 5.69 Å². The molecular formula is C7H11N5. The Bertz CT molecular complexity index is 274. The second kappa shape index (κ2) is 3.06. The summed E-state index contributed by atoms with van der Waals surface area (Å²) in [6, 6.07) is 3.87. The maximum atomic E-state index is 5.28. The molecule has 64 valence electrons. The van der Waals surface area contributed by atoms with Crippen LogP contribution in [0.25, 0.3) is 0 Å². The number of fused-ring (bicyclic) bond motifs is 1. The van der Waals surface area contributed by atoms with Gasteiger partial charge in [0.15, 0.2) is 0 Å². The first-order valence-corrected chi connectivity index (χ1v) is 3.81. The van der Waals surface area contributed by atoms with Crippen molar-refractivity contribution in [1.82, 2.24) is 15.8 Å². The number of nitrogens with one attached hydrogen (secondary N) is 3. The third-order valence-electron chi connectivity index (χ3n) is 1.87. The summed E-state index contributed by atoms with van der Waals surface area (Å²) in [5.41, 5.74) is 10.7. The molecule has 1 atom stereocenters. The lowest BCUT2D eigenvalue weighted by atomic mass is 10.2. The van der Waals surface area contributed by atoms with Gasteiger partial charge >= 0.3 is 0 Å². The molecule has 1 aliphatic rings. The first-order valence-electron chi connectivity index (χ1n) is 3.81. The lowest BCUT2D eigenvalue weighted by Gasteiger charge is -2.25. The van der Waals surface area contributed by atoms with E-state index in [4.69, 9.17) is 5.84 Å². The molecule has 0 aliphatic carbocycles. The minimum absolute atomic E-state index is 0.0485. The molecule has 0 saturated heterocycles. The van der Waals surface area contributed by atoms with Gasteiger partial charge in [-0.05, 0) is 12.1 Å². The van der Waals surface area contributed by atoms with Crippen LogP contribution in [0.5, 0.6) is 0 Å². The Morgan fingerprint density at radius 3 is 3.42 bits per heavy atom. The first-order chi connectivity index (χ1) is 5.90. The largest absolute Gasteiger partial charge is 0.318 e. The number of hydrazine groups is 2. The van der Waals surface area contributed by atoms with Gasteiger partial charge in [-0.2, -0.15) is 0 Å². The predicted molar refractivity (Wildman–Crippen MR) is 45.8 cm³/mol. The molecule has 0 saturated carbocycles. The predicted octanol–water partition coefficient (Wildman–Crippen LogP) is -0.656. The lowest BCUT2D eigenvalue weighted by molar-refractivity contribution is 0.445. The van der Waals surface area contributed by atoms with Crippen molar-refractivity contribution in [2.75, 3.05) is 5.43 Å². The second-order valence-corrected chi connectivity index (χ2v) is 2.69. The van der Waals surface area contributed by atoms with Crippen molar-refractivity contribution in [3.8, 4) is 0 Å². The van der Waals surface area contributed by atoms with E-state index in [9.17, 15) is 0 Å². The second-order valence-electron chi connectivity index (χ2n) is 2.69. The van der Waals surface area contributed by atoms with E-state index in [1.807, 2.05) is 12.1 Å². The van der Waals surface area contributed by atoms with Crippen molar-refractivity contribution in [1.29, 1.82) is 0 Å². The molecular weight excluding hydrogens is 154 g/mol. The van der Waals surface area contributed by atoms with Crippen LogP contribution in [0.4, 0.5) is 5.69 Å². The zero-order valence-electron chi connectivity index (χ0n) is 6.54. The zero-order chi connectivity index (χ0) is 8.39. The van der Waals surface area contributed by atoms with E-state index < -0.39 is 0 Å². The molecule has 1 unspecified atom stereocenters. The molecule has 1 aliphatic heterocycles. The Morgan fingerprint density at radius 2 is 2.58 bits per heavy atom. The number of nitrogens with zero attached hydrogens (tertiary/aromatic N) is 1. The summed E-state index contributed by atoms with van der Waals surface area (Å²) in [7, 11) is 0. The van der Waals surface area contributed by atoms with Gasteiger partial charge < -0.3 is 5.43 Å². The Hall–Kier alpha value is -1.17. The summed E-state index contributed by atoms with van der Waals surface area (Å²) in [6.07, 6.45) is 2.62. The van der Waals surface area contributed by atoms with Gasteiger partial charge in [0, 0.05) is 12.6 Å². The molecule has 1 aromatic rings. The van der Waals surface area contributed by atoms with Crippen LogP contribution in [0.2, 0.25) is 0 Å². The van der Waals surface area contributed by atoms with Crippen molar-refractivity contribution in [3.63, 3.8) is 0 Å². The highest BCUT2D eigenvalue weighted by Crippen LogP contribution is 2.15. The molecule has 0 radical (unpaired) electrons. The molecule has 5 heteroatoms. The molecule has 12 heavy (non-hydrogen) atoms. The average Bonchev–Trinajstić information content (AvgIpc) is 2.17. The standard InChI is InChI=1S/C7H11N5/c8-10-7-4-6-5(11-12-7)2-1-3-9-6/h1-3,7,10-12H,4,8H2. The van der Waals surface area contributed by atoms with Crippen LogP contribution in [0.15, 0.2) is 18.3 Å². The van der Waals surface area contributed by atoms with Crippen LogP contribution in [0, 0.1) is 0 Å². The number of nitrogens with two attached hydrogens (primary N) is 1. The monoisotopic (exact) mass is 165 g/mol. The van der Waals surface area contributed by atoms with E-state index in [0.29, 0.717) is 0 Å². The molecule has 2 heterocycles. The van der Waals surface area contributed by atoms with E-state index in [-0.39, 0.29) is 6.17 Å². The van der Waals surface area contributed by atoms with Crippen molar-refractivity contribution in [2.24, 2.45) is 5.84 Å². The fourth-order valence-electron chi connectivity index (χ4n) is 1.22. The summed E-state index contributed by atoms with van der Waals surface area (Å²) in [5, 5.41) is 0. The quantitative estimate of drug-likeness (QED) is 0.328. The van der Waals surface area contributed by atoms with E-state index in [0.717, 1.165) is 17.8 Å². The summed E-state index contributed by atoms with van der Waals surface area (Å²) in [6.45, 7) is 0. The summed E-state index contributed by atoms with van der Waals surface area (Å²) >= 11 is 0. The molecule has 2 rings (SSSR count). The van der Waals surface area contributed by atoms with Gasteiger partial charge in [0.1, 0.15) is 0 Å². The van der Waals surface area contributed by atoms with Crippen LogP contribution in [-0.4, -0.2) is 11.1 Å². The van der Waals surface area contributed by atoms with Crippen LogP contribution in [0.3, 0.4) is 0 Å². The third kappa shape index (κ3) is 1.25. The number of hydrogen-bond donors (Lipinski definition) is 4. The number of pyridine rings is 1. The minimum Gasteiger partial charge on any atom is -0.318 e. The van der Waals surface area contributed by atoms with Gasteiger partial charge in [-0.15, -0.1) is 0 Å². The molecule has 0 spiro atoms. The van der Waals surface area contributed by atoms with Gasteiger partial charge in [-0.3, -0.25) is 10.8 Å². The van der Waals surface area contributed by atoms with E-state index >= 15 is 0 Å². The molecule has 5 nitrogen and oxygen atoms in total. The number of aromatic nitrogens is 1. The Morgan fingerprint density at radius 1 is 1.67 bits per heavy atom. The first kappa shape index (κ1) is 7.48. The van der Waals surface area contributed by atoms with Crippen LogP contribution >= 0.6 is 0 Å². The van der Waals surface area contributed by atoms with Crippen molar-refractivity contribution in [3.05, 3.63) is 24.0 Å². The van der Waals surface area contributed by atoms with E-state index in [2.05, 4.69) is 21.3 Å². The smallest absolute Gasteiger partial charge is 0.0930 e. The van der Waals surface area contributed by atoms with E-state index in [1.54, 1.807) is 6.20 Å². The Labute approximate surface area is 70.3 Å². The van der Waals surface area contributed by atoms with Gasteiger partial charge in [0.05, 0.1) is 17.5 Å². The normalized spacial score (nSPS) is 21.2. The van der Waals surface area contributed by atoms with Crippen LogP contribution < -0.4 is 22.1 Å². The lowest BCUT2D eigenvalue weighted by Crippen LogP contribution is -2.52. The maximum absolute atomic E-state index is 5.28. The summed E-state index contributed by atoms with van der Waals surface area (Å²) < 4.78 is 0. The van der Waals surface area contributed by atoms with Crippen LogP contribution in [0.1, 0.15) is 5.69 Å². The van der Waals surface area contributed by atoms with Gasteiger partial charge in [0.25, 0.3) is 0 Å². The summed E-state index contributed by atoms with van der Waals surface area (Å²) in [4.78, 5) is 4.22. The van der Waals surface area contributed by atoms with Gasteiger partial charge in [-0.1, -0.05) is 0 Å². The van der Waals surface area contributed by atoms with E-state index in [1.165, 1.54) is 0 Å². The number of rotatable bonds is 1. The molecule has 5 N–H and O–H groups in total. The third-order valence-corrected chi connectivity index (χ3v) is 1.87. The summed E-state index contributed by atoms with van der Waals surface area (Å²) in [5.74, 6) is 5.28.